The van der Waals surface area contributed by atoms with Crippen molar-refractivity contribution in [3.8, 4) is 21.1 Å². The largest absolute Gasteiger partial charge is 0.148 e. The van der Waals surface area contributed by atoms with Gasteiger partial charge >= 0.3 is 0 Å². The fourth-order valence-corrected chi connectivity index (χ4v) is 6.42. The molecule has 0 spiro atoms. The molecule has 1 saturated carbocycles. The number of aromatic nitrogens is 2. The third-order valence-electron chi connectivity index (χ3n) is 7.89. The zero-order chi connectivity index (χ0) is 24.3. The fraction of sp³-hybridized carbons (Fsp3) is 0.562. The van der Waals surface area contributed by atoms with Crippen LogP contribution in [0.15, 0.2) is 48.5 Å². The molecule has 0 aliphatic heterocycles. The van der Waals surface area contributed by atoms with Crippen LogP contribution in [0.25, 0.3) is 21.1 Å². The van der Waals surface area contributed by atoms with Crippen molar-refractivity contribution in [2.75, 3.05) is 0 Å². The van der Waals surface area contributed by atoms with Gasteiger partial charge in [0.25, 0.3) is 0 Å². The monoisotopic (exact) mass is 488 g/mol. The molecule has 0 saturated heterocycles. The number of benzene rings is 2. The van der Waals surface area contributed by atoms with E-state index in [2.05, 4.69) is 72.6 Å². The molecule has 2 aromatic carbocycles. The van der Waals surface area contributed by atoms with E-state index in [0.29, 0.717) is 0 Å². The Bertz CT molecular complexity index is 981. The topological polar surface area (TPSA) is 25.8 Å². The van der Waals surface area contributed by atoms with Crippen LogP contribution in [0.1, 0.15) is 114 Å². The van der Waals surface area contributed by atoms with E-state index in [-0.39, 0.29) is 0 Å². The summed E-state index contributed by atoms with van der Waals surface area (Å²) in [5.41, 5.74) is 5.31. The van der Waals surface area contributed by atoms with Gasteiger partial charge in [-0.05, 0) is 61.5 Å². The lowest BCUT2D eigenvalue weighted by molar-refractivity contribution is 0.303. The standard InChI is InChI=1S/C32H44N2S/c1-3-5-7-8-10-12-26-15-19-29(20-16-26)31-33-34-32(35-31)30-23-21-28(22-24-30)27-17-13-25(14-18-27)11-9-6-4-2/h15-16,19-25,27H,3-14,17-18H2,1-2H3. The Morgan fingerprint density at radius 1 is 0.657 bits per heavy atom. The lowest BCUT2D eigenvalue weighted by Gasteiger charge is -2.29. The van der Waals surface area contributed by atoms with E-state index >= 15 is 0 Å². The third kappa shape index (κ3) is 7.74. The number of rotatable bonds is 13. The molecule has 1 fully saturated rings. The van der Waals surface area contributed by atoms with Crippen molar-refractivity contribution in [2.24, 2.45) is 5.92 Å². The SMILES string of the molecule is CCCCCCCc1ccc(-c2nnc(-c3ccc(C4CCC(CCCCC)CC4)cc3)s2)cc1. The van der Waals surface area contributed by atoms with Crippen LogP contribution in [-0.2, 0) is 6.42 Å². The van der Waals surface area contributed by atoms with Crippen LogP contribution in [0.4, 0.5) is 0 Å². The highest BCUT2D eigenvalue weighted by atomic mass is 32.1. The first kappa shape index (κ1) is 26.1. The van der Waals surface area contributed by atoms with Crippen LogP contribution in [-0.4, -0.2) is 10.2 Å². The number of hydrogen-bond donors (Lipinski definition) is 0. The van der Waals surface area contributed by atoms with Crippen molar-refractivity contribution in [1.29, 1.82) is 0 Å². The molecule has 1 aliphatic rings. The fourth-order valence-electron chi connectivity index (χ4n) is 5.57. The second-order valence-electron chi connectivity index (χ2n) is 10.6. The summed E-state index contributed by atoms with van der Waals surface area (Å²) in [6, 6.07) is 18.2. The molecular formula is C32H44N2S. The van der Waals surface area contributed by atoms with Gasteiger partial charge in [-0.3, -0.25) is 0 Å². The zero-order valence-electron chi connectivity index (χ0n) is 22.0. The Hall–Kier alpha value is -2.00. The van der Waals surface area contributed by atoms with Crippen molar-refractivity contribution in [2.45, 2.75) is 110 Å². The third-order valence-corrected chi connectivity index (χ3v) is 8.91. The summed E-state index contributed by atoms with van der Waals surface area (Å²) in [5, 5.41) is 11.1. The van der Waals surface area contributed by atoms with Gasteiger partial charge in [0.1, 0.15) is 10.0 Å². The van der Waals surface area contributed by atoms with Gasteiger partial charge in [0.05, 0.1) is 0 Å². The molecule has 35 heavy (non-hydrogen) atoms. The zero-order valence-corrected chi connectivity index (χ0v) is 22.8. The summed E-state index contributed by atoms with van der Waals surface area (Å²) in [6.07, 6.45) is 19.0. The molecule has 3 aromatic rings. The molecule has 0 N–H and O–H groups in total. The molecule has 0 atom stereocenters. The lowest BCUT2D eigenvalue weighted by atomic mass is 9.77. The van der Waals surface area contributed by atoms with E-state index in [9.17, 15) is 0 Å². The minimum absolute atomic E-state index is 0.738. The Morgan fingerprint density at radius 3 is 1.86 bits per heavy atom. The Balaban J connectivity index is 1.29. The minimum atomic E-state index is 0.738. The van der Waals surface area contributed by atoms with Gasteiger partial charge in [-0.1, -0.05) is 125 Å². The van der Waals surface area contributed by atoms with Gasteiger partial charge in [-0.15, -0.1) is 10.2 Å². The lowest BCUT2D eigenvalue weighted by Crippen LogP contribution is -2.13. The molecule has 3 heteroatoms. The maximum atomic E-state index is 4.52. The van der Waals surface area contributed by atoms with E-state index in [1.54, 1.807) is 11.3 Å². The summed E-state index contributed by atoms with van der Waals surface area (Å²) >= 11 is 1.70. The van der Waals surface area contributed by atoms with E-state index in [0.717, 1.165) is 21.9 Å². The van der Waals surface area contributed by atoms with E-state index in [1.807, 2.05) is 0 Å². The van der Waals surface area contributed by atoms with Crippen LogP contribution in [0, 0.1) is 5.92 Å². The number of aryl methyl sites for hydroxylation is 1. The van der Waals surface area contributed by atoms with Gasteiger partial charge in [-0.25, -0.2) is 0 Å². The molecule has 0 amide bonds. The van der Waals surface area contributed by atoms with Crippen LogP contribution in [0.2, 0.25) is 0 Å². The second-order valence-corrected chi connectivity index (χ2v) is 11.6. The number of nitrogens with zero attached hydrogens (tertiary/aromatic N) is 2. The van der Waals surface area contributed by atoms with Gasteiger partial charge in [0.15, 0.2) is 0 Å². The summed E-state index contributed by atoms with van der Waals surface area (Å²) in [4.78, 5) is 0. The molecule has 1 aromatic heterocycles. The molecule has 1 aliphatic carbocycles. The van der Waals surface area contributed by atoms with Crippen molar-refractivity contribution in [1.82, 2.24) is 10.2 Å². The molecule has 188 valence electrons. The maximum Gasteiger partial charge on any atom is 0.148 e. The predicted octanol–water partition coefficient (Wildman–Crippen LogP) is 10.2. The highest BCUT2D eigenvalue weighted by Crippen LogP contribution is 2.38. The first-order chi connectivity index (χ1) is 17.3. The van der Waals surface area contributed by atoms with Gasteiger partial charge < -0.3 is 0 Å². The molecule has 0 unspecified atom stereocenters. The maximum absolute atomic E-state index is 4.52. The van der Waals surface area contributed by atoms with E-state index < -0.39 is 0 Å². The highest BCUT2D eigenvalue weighted by Gasteiger charge is 2.22. The first-order valence-corrected chi connectivity index (χ1v) is 15.1. The van der Waals surface area contributed by atoms with Crippen molar-refractivity contribution in [3.63, 3.8) is 0 Å². The van der Waals surface area contributed by atoms with E-state index in [1.165, 1.54) is 112 Å². The van der Waals surface area contributed by atoms with Gasteiger partial charge in [0, 0.05) is 11.1 Å². The highest BCUT2D eigenvalue weighted by molar-refractivity contribution is 7.17. The second kappa shape index (κ2) is 13.9. The van der Waals surface area contributed by atoms with Crippen molar-refractivity contribution >= 4 is 11.3 Å². The van der Waals surface area contributed by atoms with Crippen LogP contribution < -0.4 is 0 Å². The first-order valence-electron chi connectivity index (χ1n) is 14.3. The van der Waals surface area contributed by atoms with Gasteiger partial charge in [0.2, 0.25) is 0 Å². The summed E-state index contributed by atoms with van der Waals surface area (Å²) in [6.45, 7) is 4.57. The van der Waals surface area contributed by atoms with E-state index in [4.69, 9.17) is 0 Å². The van der Waals surface area contributed by atoms with Crippen LogP contribution >= 0.6 is 11.3 Å². The Kier molecular flexibility index (Phi) is 10.4. The molecule has 4 rings (SSSR count). The predicted molar refractivity (Wildman–Crippen MR) is 152 cm³/mol. The van der Waals surface area contributed by atoms with Crippen molar-refractivity contribution in [3.05, 3.63) is 59.7 Å². The Morgan fingerprint density at radius 2 is 1.23 bits per heavy atom. The molecule has 0 bridgehead atoms. The number of hydrogen-bond acceptors (Lipinski definition) is 3. The molecular weight excluding hydrogens is 444 g/mol. The molecule has 1 heterocycles. The summed E-state index contributed by atoms with van der Waals surface area (Å²) in [7, 11) is 0. The Labute approximate surface area is 217 Å². The smallest absolute Gasteiger partial charge is 0.138 e. The average molecular weight is 489 g/mol. The average Bonchev–Trinajstić information content (AvgIpc) is 3.40. The summed E-state index contributed by atoms with van der Waals surface area (Å²) < 4.78 is 0. The molecule has 0 radical (unpaired) electrons. The molecule has 2 nitrogen and oxygen atoms in total. The quantitative estimate of drug-likeness (QED) is 0.224. The normalized spacial score (nSPS) is 18.1. The number of unbranched alkanes of at least 4 members (excludes halogenated alkanes) is 6. The summed E-state index contributed by atoms with van der Waals surface area (Å²) in [5.74, 6) is 1.71. The van der Waals surface area contributed by atoms with Crippen molar-refractivity contribution < 1.29 is 0 Å². The van der Waals surface area contributed by atoms with Crippen LogP contribution in [0.5, 0.6) is 0 Å². The minimum Gasteiger partial charge on any atom is -0.138 e. The van der Waals surface area contributed by atoms with Gasteiger partial charge in [-0.2, -0.15) is 0 Å². The van der Waals surface area contributed by atoms with Crippen LogP contribution in [0.3, 0.4) is 0 Å².